The molecular formula is C25H18Br3ClN2O4. The molecule has 3 aromatic rings. The van der Waals surface area contributed by atoms with Gasteiger partial charge in [0.05, 0.1) is 39.3 Å². The average Bonchev–Trinajstić information content (AvgIpc) is 3.06. The Morgan fingerprint density at radius 1 is 1.06 bits per heavy atom. The van der Waals surface area contributed by atoms with Crippen LogP contribution in [0.3, 0.4) is 0 Å². The van der Waals surface area contributed by atoms with Crippen LogP contribution in [0.15, 0.2) is 40.9 Å². The summed E-state index contributed by atoms with van der Waals surface area (Å²) in [5.41, 5.74) is 2.90. The molecule has 0 bridgehead atoms. The maximum atomic E-state index is 13.1. The highest BCUT2D eigenvalue weighted by Gasteiger charge is 2.52. The first-order chi connectivity index (χ1) is 16.6. The number of halogens is 4. The summed E-state index contributed by atoms with van der Waals surface area (Å²) >= 11 is 17.0. The smallest absolute Gasteiger partial charge is 0.336 e. The lowest BCUT2D eigenvalue weighted by atomic mass is 9.81. The summed E-state index contributed by atoms with van der Waals surface area (Å²) in [4.78, 5) is 44.5. The van der Waals surface area contributed by atoms with E-state index < -0.39 is 5.97 Å². The number of amides is 2. The van der Waals surface area contributed by atoms with Crippen LogP contribution in [0.5, 0.6) is 0 Å². The van der Waals surface area contributed by atoms with Crippen molar-refractivity contribution in [2.75, 3.05) is 4.90 Å². The first kappa shape index (κ1) is 24.9. The van der Waals surface area contributed by atoms with E-state index in [0.717, 1.165) is 0 Å². The van der Waals surface area contributed by atoms with Crippen molar-refractivity contribution in [3.8, 4) is 11.3 Å². The van der Waals surface area contributed by atoms with Gasteiger partial charge in [-0.25, -0.2) is 9.78 Å². The van der Waals surface area contributed by atoms with E-state index in [1.807, 2.05) is 0 Å². The highest BCUT2D eigenvalue weighted by molar-refractivity contribution is 9.12. The predicted molar refractivity (Wildman–Crippen MR) is 146 cm³/mol. The van der Waals surface area contributed by atoms with Crippen LogP contribution in [-0.4, -0.2) is 37.5 Å². The Morgan fingerprint density at radius 3 is 2.17 bits per heavy atom. The number of benzene rings is 2. The number of carboxylic acid groups (broad SMARTS) is 1. The second kappa shape index (κ2) is 9.25. The summed E-state index contributed by atoms with van der Waals surface area (Å²) in [5.74, 6) is -2.08. The van der Waals surface area contributed by atoms with Gasteiger partial charge in [0.1, 0.15) is 0 Å². The summed E-state index contributed by atoms with van der Waals surface area (Å²) < 4.78 is 0.601. The van der Waals surface area contributed by atoms with E-state index in [2.05, 4.69) is 47.8 Å². The Balaban J connectivity index is 1.53. The van der Waals surface area contributed by atoms with Crippen LogP contribution in [-0.2, 0) is 9.59 Å². The zero-order valence-electron chi connectivity index (χ0n) is 18.3. The van der Waals surface area contributed by atoms with Crippen molar-refractivity contribution in [3.63, 3.8) is 0 Å². The minimum atomic E-state index is -1.07. The molecule has 2 aromatic carbocycles. The summed E-state index contributed by atoms with van der Waals surface area (Å²) in [7, 11) is 0. The summed E-state index contributed by atoms with van der Waals surface area (Å²) in [6, 6.07) is 10.1. The van der Waals surface area contributed by atoms with Gasteiger partial charge in [-0.1, -0.05) is 55.6 Å². The monoisotopic (exact) mass is 682 g/mol. The first-order valence-corrected chi connectivity index (χ1v) is 13.9. The number of alkyl halides is 2. The maximum Gasteiger partial charge on any atom is 0.336 e. The fourth-order valence-electron chi connectivity index (χ4n) is 4.92. The molecule has 2 heterocycles. The molecule has 1 aliphatic heterocycles. The Bertz CT molecular complexity index is 1380. The number of aromatic carboxylic acids is 1. The number of fused-ring (bicyclic) bond motifs is 2. The fourth-order valence-corrected chi connectivity index (χ4v) is 6.82. The molecule has 0 radical (unpaired) electrons. The molecule has 4 unspecified atom stereocenters. The summed E-state index contributed by atoms with van der Waals surface area (Å²) in [5, 5.41) is 10.8. The number of anilines is 1. The van der Waals surface area contributed by atoms with E-state index in [1.54, 1.807) is 37.3 Å². The van der Waals surface area contributed by atoms with Gasteiger partial charge in [0.2, 0.25) is 11.8 Å². The molecule has 1 saturated heterocycles. The summed E-state index contributed by atoms with van der Waals surface area (Å²) in [6.45, 7) is 1.79. The molecule has 1 N–H and O–H groups in total. The lowest BCUT2D eigenvalue weighted by molar-refractivity contribution is -0.122. The third kappa shape index (κ3) is 4.14. The number of carbonyl (C=O) groups is 3. The average molecular weight is 686 g/mol. The molecule has 180 valence electrons. The lowest BCUT2D eigenvalue weighted by Gasteiger charge is -2.29. The molecule has 1 aromatic heterocycles. The van der Waals surface area contributed by atoms with Gasteiger partial charge in [-0.3, -0.25) is 14.5 Å². The van der Waals surface area contributed by atoms with Gasteiger partial charge in [-0.2, -0.15) is 0 Å². The maximum absolute atomic E-state index is 13.1. The normalized spacial score (nSPS) is 24.2. The van der Waals surface area contributed by atoms with Crippen molar-refractivity contribution < 1.29 is 19.5 Å². The number of carbonyl (C=O) groups excluding carboxylic acids is 2. The van der Waals surface area contributed by atoms with E-state index in [-0.39, 0.29) is 38.9 Å². The van der Waals surface area contributed by atoms with Crippen molar-refractivity contribution in [2.45, 2.75) is 29.4 Å². The van der Waals surface area contributed by atoms with Gasteiger partial charge in [-0.05, 0) is 65.5 Å². The predicted octanol–water partition coefficient (Wildman–Crippen LogP) is 6.75. The summed E-state index contributed by atoms with van der Waals surface area (Å²) in [6.07, 6.45) is 1.22. The number of hydrogen-bond acceptors (Lipinski definition) is 4. The van der Waals surface area contributed by atoms with E-state index in [1.165, 1.54) is 11.0 Å². The molecule has 2 amide bonds. The molecule has 1 aliphatic carbocycles. The molecular weight excluding hydrogens is 667 g/mol. The van der Waals surface area contributed by atoms with Crippen molar-refractivity contribution >= 4 is 93.8 Å². The lowest BCUT2D eigenvalue weighted by Crippen LogP contribution is -2.34. The zero-order valence-corrected chi connectivity index (χ0v) is 23.8. The second-order valence-electron chi connectivity index (χ2n) is 8.83. The first-order valence-electron chi connectivity index (χ1n) is 10.9. The quantitative estimate of drug-likeness (QED) is 0.244. The van der Waals surface area contributed by atoms with Gasteiger partial charge < -0.3 is 5.11 Å². The highest BCUT2D eigenvalue weighted by atomic mass is 79.9. The Kier molecular flexibility index (Phi) is 6.57. The fraction of sp³-hybridized carbons (Fsp3) is 0.280. The van der Waals surface area contributed by atoms with E-state index in [9.17, 15) is 19.5 Å². The molecule has 0 spiro atoms. The number of rotatable bonds is 3. The van der Waals surface area contributed by atoms with Crippen LogP contribution in [0.2, 0.25) is 5.02 Å². The SMILES string of the molecule is Cc1c(Cl)c(Br)cc2c(C(=O)O)cc(-c3ccc(N4C(=O)C5CC(Br)C(Br)CC5C4=O)cc3)nc12. The molecule has 2 aliphatic rings. The topological polar surface area (TPSA) is 87.6 Å². The largest absolute Gasteiger partial charge is 0.478 e. The minimum Gasteiger partial charge on any atom is -0.478 e. The molecule has 6 nitrogen and oxygen atoms in total. The molecule has 1 saturated carbocycles. The third-order valence-corrected chi connectivity index (χ3v) is 10.9. The minimum absolute atomic E-state index is 0.108. The van der Waals surface area contributed by atoms with Gasteiger partial charge >= 0.3 is 5.97 Å². The highest BCUT2D eigenvalue weighted by Crippen LogP contribution is 2.44. The van der Waals surface area contributed by atoms with Gasteiger partial charge in [0.25, 0.3) is 0 Å². The number of nitrogens with zero attached hydrogens (tertiary/aromatic N) is 2. The van der Waals surface area contributed by atoms with E-state index in [4.69, 9.17) is 16.6 Å². The van der Waals surface area contributed by atoms with Crippen molar-refractivity contribution in [2.24, 2.45) is 11.8 Å². The van der Waals surface area contributed by atoms with E-state index >= 15 is 0 Å². The van der Waals surface area contributed by atoms with Crippen LogP contribution < -0.4 is 4.90 Å². The van der Waals surface area contributed by atoms with Crippen molar-refractivity contribution in [1.82, 2.24) is 4.98 Å². The Hall–Kier alpha value is -1.81. The van der Waals surface area contributed by atoms with Crippen LogP contribution in [0, 0.1) is 18.8 Å². The number of hydrogen-bond donors (Lipinski definition) is 1. The number of imide groups is 1. The van der Waals surface area contributed by atoms with Crippen LogP contribution in [0.1, 0.15) is 28.8 Å². The molecule has 4 atom stereocenters. The van der Waals surface area contributed by atoms with Crippen LogP contribution >= 0.6 is 59.4 Å². The Labute approximate surface area is 231 Å². The Morgan fingerprint density at radius 2 is 1.63 bits per heavy atom. The zero-order chi connectivity index (χ0) is 25.2. The third-order valence-electron chi connectivity index (χ3n) is 6.79. The van der Waals surface area contributed by atoms with Crippen LogP contribution in [0.25, 0.3) is 22.2 Å². The molecule has 2 fully saturated rings. The standard InChI is InChI=1S/C25H18Br3ClN2O4/c1-10-21(29)19(28)6-13-16(25(34)35)9-20(30-22(10)13)11-2-4-12(5-3-11)31-23(32)14-7-17(26)18(27)8-15(14)24(31)33/h2-6,9,14-15,17-18H,7-8H2,1H3,(H,34,35). The van der Waals surface area contributed by atoms with E-state index in [0.29, 0.717) is 55.7 Å². The van der Waals surface area contributed by atoms with Crippen LogP contribution in [0.4, 0.5) is 5.69 Å². The van der Waals surface area contributed by atoms with Crippen molar-refractivity contribution in [3.05, 3.63) is 57.0 Å². The van der Waals surface area contributed by atoms with Gasteiger partial charge in [0, 0.05) is 25.1 Å². The number of aromatic nitrogens is 1. The van der Waals surface area contributed by atoms with Crippen molar-refractivity contribution in [1.29, 1.82) is 0 Å². The molecule has 5 rings (SSSR count). The molecule has 35 heavy (non-hydrogen) atoms. The number of pyridine rings is 1. The van der Waals surface area contributed by atoms with Gasteiger partial charge in [-0.15, -0.1) is 0 Å². The number of aryl methyl sites for hydroxylation is 1. The molecule has 10 heteroatoms. The number of carboxylic acids is 1. The van der Waals surface area contributed by atoms with Gasteiger partial charge in [0.15, 0.2) is 0 Å². The second-order valence-corrected chi connectivity index (χ2v) is 12.4.